The van der Waals surface area contributed by atoms with Gasteiger partial charge in [0.05, 0.1) is 6.61 Å². The highest BCUT2D eigenvalue weighted by Gasteiger charge is 2.13. The van der Waals surface area contributed by atoms with E-state index >= 15 is 0 Å². The zero-order valence-electron chi connectivity index (χ0n) is 7.93. The van der Waals surface area contributed by atoms with Crippen molar-refractivity contribution in [2.75, 3.05) is 27.9 Å². The molecule has 6 heteroatoms. The van der Waals surface area contributed by atoms with Gasteiger partial charge in [0.25, 0.3) is 0 Å². The molecule has 0 aliphatic heterocycles. The summed E-state index contributed by atoms with van der Waals surface area (Å²) >= 11 is 0. The van der Waals surface area contributed by atoms with E-state index in [1.54, 1.807) is 0 Å². The minimum Gasteiger partial charge on any atom is -0.509 e. The molecule has 0 saturated carbocycles. The van der Waals surface area contributed by atoms with Crippen molar-refractivity contribution in [1.82, 2.24) is 0 Å². The highest BCUT2D eigenvalue weighted by atomic mass is 31.2. The fourth-order valence-corrected chi connectivity index (χ4v) is 1.17. The van der Waals surface area contributed by atoms with Crippen LogP contribution in [0.3, 0.4) is 0 Å². The van der Waals surface area contributed by atoms with Crippen molar-refractivity contribution in [3.8, 4) is 0 Å². The summed E-state index contributed by atoms with van der Waals surface area (Å²) in [6.45, 7) is 0.228. The van der Waals surface area contributed by atoms with Gasteiger partial charge in [-0.2, -0.15) is 0 Å². The predicted molar refractivity (Wildman–Crippen MR) is 49.5 cm³/mol. The number of rotatable bonds is 6. The van der Waals surface area contributed by atoms with E-state index in [2.05, 4.69) is 4.52 Å². The smallest absolute Gasteiger partial charge is 0.197 e. The van der Waals surface area contributed by atoms with Crippen molar-refractivity contribution < 1.29 is 24.0 Å². The first-order valence-corrected chi connectivity index (χ1v) is 4.88. The Morgan fingerprint density at radius 2 is 2.08 bits per heavy atom. The van der Waals surface area contributed by atoms with E-state index < -0.39 is 14.5 Å². The van der Waals surface area contributed by atoms with Gasteiger partial charge in [0, 0.05) is 27.1 Å². The highest BCUT2D eigenvalue weighted by molar-refractivity contribution is 7.49. The molecule has 2 atom stereocenters. The normalized spacial score (nSPS) is 17.1. The zero-order chi connectivity index (χ0) is 10.3. The fraction of sp³-hybridized carbons (Fsp3) is 0.714. The van der Waals surface area contributed by atoms with Crippen LogP contribution < -0.4 is 0 Å². The van der Waals surface area contributed by atoms with Gasteiger partial charge in [-0.15, -0.1) is 0 Å². The molecule has 0 amide bonds. The Labute approximate surface area is 78.8 Å². The van der Waals surface area contributed by atoms with Crippen LogP contribution in [-0.2, 0) is 14.0 Å². The molecule has 13 heavy (non-hydrogen) atoms. The van der Waals surface area contributed by atoms with Crippen molar-refractivity contribution in [3.05, 3.63) is 11.6 Å². The van der Waals surface area contributed by atoms with Gasteiger partial charge in [0.1, 0.15) is 11.9 Å². The van der Waals surface area contributed by atoms with Gasteiger partial charge in [0.15, 0.2) is 8.38 Å². The molecule has 5 nitrogen and oxygen atoms in total. The Kier molecular flexibility index (Phi) is 7.13. The quantitative estimate of drug-likeness (QED) is 0.505. The minimum absolute atomic E-state index is 0.0835. The summed E-state index contributed by atoms with van der Waals surface area (Å²) in [4.78, 5) is 9.05. The Balaban J connectivity index is 4.16. The molecular formula is C7H15O5P. The summed E-state index contributed by atoms with van der Waals surface area (Å²) in [6.07, 6.45) is -0.558. The average Bonchev–Trinajstić information content (AvgIpc) is 2.13. The summed E-state index contributed by atoms with van der Waals surface area (Å²) in [6, 6.07) is 0. The Morgan fingerprint density at radius 3 is 2.46 bits per heavy atom. The van der Waals surface area contributed by atoms with E-state index in [-0.39, 0.29) is 12.4 Å². The standard InChI is InChI=1S/C7H15O5P/c1-10-4-7(11-2)6(8)5-13(9)12-3/h5,7-9H,4H2,1-3H3/b6-5-. The van der Waals surface area contributed by atoms with Gasteiger partial charge >= 0.3 is 0 Å². The molecule has 0 heterocycles. The van der Waals surface area contributed by atoms with Gasteiger partial charge in [0.2, 0.25) is 0 Å². The Morgan fingerprint density at radius 1 is 1.46 bits per heavy atom. The summed E-state index contributed by atoms with van der Waals surface area (Å²) in [5.74, 6) is 1.13. The molecule has 0 aromatic heterocycles. The van der Waals surface area contributed by atoms with E-state index in [1.165, 1.54) is 27.1 Å². The summed E-state index contributed by atoms with van der Waals surface area (Å²) in [7, 11) is 2.58. The second kappa shape index (κ2) is 7.24. The van der Waals surface area contributed by atoms with E-state index in [4.69, 9.17) is 14.4 Å². The lowest BCUT2D eigenvalue weighted by Crippen LogP contribution is -2.19. The molecular weight excluding hydrogens is 195 g/mol. The molecule has 0 aromatic carbocycles. The number of hydrogen-bond acceptors (Lipinski definition) is 5. The molecule has 0 rings (SSSR count). The predicted octanol–water partition coefficient (Wildman–Crippen LogP) is 0.998. The number of aliphatic hydroxyl groups excluding tert-OH is 1. The summed E-state index contributed by atoms with van der Waals surface area (Å²) in [5, 5.41) is 9.37. The maximum atomic E-state index is 9.37. The molecule has 0 aliphatic carbocycles. The maximum absolute atomic E-state index is 9.37. The third-order valence-corrected chi connectivity index (χ3v) is 2.22. The van der Waals surface area contributed by atoms with Gasteiger partial charge in [-0.25, -0.2) is 0 Å². The maximum Gasteiger partial charge on any atom is 0.197 e. The molecule has 0 aromatic rings. The molecule has 0 saturated heterocycles. The monoisotopic (exact) mass is 210 g/mol. The number of aliphatic hydroxyl groups is 1. The van der Waals surface area contributed by atoms with Gasteiger partial charge in [-0.05, 0) is 0 Å². The molecule has 78 valence electrons. The van der Waals surface area contributed by atoms with Gasteiger partial charge in [-0.1, -0.05) is 0 Å². The number of methoxy groups -OCH3 is 2. The lowest BCUT2D eigenvalue weighted by Gasteiger charge is -2.13. The van der Waals surface area contributed by atoms with Crippen LogP contribution in [0.5, 0.6) is 0 Å². The minimum atomic E-state index is -1.71. The van der Waals surface area contributed by atoms with Crippen molar-refractivity contribution in [2.45, 2.75) is 6.10 Å². The second-order valence-electron chi connectivity index (χ2n) is 2.22. The van der Waals surface area contributed by atoms with Gasteiger partial charge < -0.3 is 24.0 Å². The van der Waals surface area contributed by atoms with Crippen molar-refractivity contribution in [2.24, 2.45) is 0 Å². The first-order valence-electron chi connectivity index (χ1n) is 3.60. The van der Waals surface area contributed by atoms with Crippen molar-refractivity contribution in [1.29, 1.82) is 0 Å². The molecule has 2 N–H and O–H groups in total. The first-order chi connectivity index (χ1) is 6.15. The Hall–Kier alpha value is -0.190. The van der Waals surface area contributed by atoms with Gasteiger partial charge in [-0.3, -0.25) is 0 Å². The van der Waals surface area contributed by atoms with Crippen LogP contribution in [0, 0.1) is 0 Å². The van der Waals surface area contributed by atoms with E-state index in [0.29, 0.717) is 0 Å². The third-order valence-electron chi connectivity index (χ3n) is 1.36. The molecule has 2 unspecified atom stereocenters. The van der Waals surface area contributed by atoms with Crippen LogP contribution in [0.2, 0.25) is 0 Å². The zero-order valence-corrected chi connectivity index (χ0v) is 8.82. The lowest BCUT2D eigenvalue weighted by atomic mass is 10.3. The van der Waals surface area contributed by atoms with Crippen LogP contribution in [0.25, 0.3) is 0 Å². The molecule has 0 fully saturated rings. The summed E-state index contributed by atoms with van der Waals surface area (Å²) < 4.78 is 14.3. The van der Waals surface area contributed by atoms with E-state index in [0.717, 1.165) is 0 Å². The van der Waals surface area contributed by atoms with Crippen LogP contribution in [0.15, 0.2) is 11.6 Å². The topological polar surface area (TPSA) is 68.2 Å². The van der Waals surface area contributed by atoms with Crippen LogP contribution in [0.4, 0.5) is 0 Å². The van der Waals surface area contributed by atoms with E-state index in [9.17, 15) is 5.11 Å². The first kappa shape index (κ1) is 12.8. The SMILES string of the molecule is COCC(OC)/C(O)=C/P(O)OC. The lowest BCUT2D eigenvalue weighted by molar-refractivity contribution is 0.0267. The Bertz CT molecular complexity index is 161. The fourth-order valence-electron chi connectivity index (χ4n) is 0.675. The van der Waals surface area contributed by atoms with Crippen LogP contribution in [-0.4, -0.2) is 44.0 Å². The molecule has 0 radical (unpaired) electrons. The second-order valence-corrected chi connectivity index (χ2v) is 3.45. The van der Waals surface area contributed by atoms with Crippen LogP contribution in [0.1, 0.15) is 0 Å². The number of ether oxygens (including phenoxy) is 2. The largest absolute Gasteiger partial charge is 0.509 e. The molecule has 0 aliphatic rings. The highest BCUT2D eigenvalue weighted by Crippen LogP contribution is 2.33. The average molecular weight is 210 g/mol. The molecule has 0 bridgehead atoms. The van der Waals surface area contributed by atoms with Crippen molar-refractivity contribution in [3.63, 3.8) is 0 Å². The third kappa shape index (κ3) is 5.18. The van der Waals surface area contributed by atoms with Crippen LogP contribution >= 0.6 is 8.38 Å². The summed E-state index contributed by atoms with van der Waals surface area (Å²) in [5.41, 5.74) is 0. The molecule has 0 spiro atoms. The van der Waals surface area contributed by atoms with E-state index in [1.807, 2.05) is 0 Å². The van der Waals surface area contributed by atoms with Crippen molar-refractivity contribution >= 4 is 8.38 Å². The number of hydrogen-bond donors (Lipinski definition) is 2.